The van der Waals surface area contributed by atoms with Gasteiger partial charge in [-0.3, -0.25) is 0 Å². The highest BCUT2D eigenvalue weighted by atomic mass is 16.5. The van der Waals surface area contributed by atoms with Gasteiger partial charge in [-0.1, -0.05) is 0 Å². The van der Waals surface area contributed by atoms with Crippen molar-refractivity contribution < 1.29 is 9.84 Å². The lowest BCUT2D eigenvalue weighted by atomic mass is 10.2. The van der Waals surface area contributed by atoms with E-state index in [9.17, 15) is 5.11 Å². The highest BCUT2D eigenvalue weighted by molar-refractivity contribution is 5.34. The van der Waals surface area contributed by atoms with Crippen LogP contribution in [0, 0.1) is 6.92 Å². The van der Waals surface area contributed by atoms with Crippen LogP contribution in [-0.2, 0) is 0 Å². The van der Waals surface area contributed by atoms with Crippen LogP contribution in [0.5, 0.6) is 6.01 Å². The number of aliphatic hydroxyl groups excluding tert-OH is 1. The molecule has 1 saturated heterocycles. The molecule has 0 unspecified atom stereocenters. The smallest absolute Gasteiger partial charge is 0.321 e. The summed E-state index contributed by atoms with van der Waals surface area (Å²) in [5.41, 5.74) is 0. The average Bonchev–Trinajstić information content (AvgIpc) is 2.76. The van der Waals surface area contributed by atoms with Gasteiger partial charge in [0.1, 0.15) is 5.82 Å². The second-order valence-corrected chi connectivity index (χ2v) is 3.84. The van der Waals surface area contributed by atoms with Gasteiger partial charge in [0, 0.05) is 6.54 Å². The maximum absolute atomic E-state index is 9.25. The van der Waals surface area contributed by atoms with Gasteiger partial charge in [-0.05, 0) is 19.8 Å². The van der Waals surface area contributed by atoms with E-state index in [1.807, 2.05) is 4.90 Å². The van der Waals surface area contributed by atoms with Gasteiger partial charge in [-0.25, -0.2) is 0 Å². The Hall–Kier alpha value is -1.43. The molecule has 0 aliphatic carbocycles. The third-order valence-corrected chi connectivity index (χ3v) is 2.74. The average molecular weight is 224 g/mol. The van der Waals surface area contributed by atoms with Crippen molar-refractivity contribution in [1.29, 1.82) is 0 Å². The molecule has 2 rings (SSSR count). The number of aryl methyl sites for hydroxylation is 1. The van der Waals surface area contributed by atoms with E-state index < -0.39 is 0 Å². The number of nitrogens with zero attached hydrogens (tertiary/aromatic N) is 4. The molecule has 0 amide bonds. The number of hydrogen-bond acceptors (Lipinski definition) is 6. The number of ether oxygens (including phenoxy) is 1. The number of methoxy groups -OCH3 is 1. The van der Waals surface area contributed by atoms with E-state index in [1.165, 1.54) is 7.11 Å². The standard InChI is InChI=1S/C10H16N4O2/c1-7-11-9(13-10(12-7)16-2)14-5-3-4-8(14)6-15/h8,15H,3-6H2,1-2H3/t8-/m0/s1. The van der Waals surface area contributed by atoms with E-state index >= 15 is 0 Å². The van der Waals surface area contributed by atoms with Gasteiger partial charge in [0.15, 0.2) is 0 Å². The van der Waals surface area contributed by atoms with Crippen LogP contribution in [-0.4, -0.2) is 46.4 Å². The van der Waals surface area contributed by atoms with Gasteiger partial charge in [0.05, 0.1) is 19.8 Å². The summed E-state index contributed by atoms with van der Waals surface area (Å²) in [7, 11) is 1.53. The Kier molecular flexibility index (Phi) is 3.19. The van der Waals surface area contributed by atoms with E-state index in [-0.39, 0.29) is 12.6 Å². The summed E-state index contributed by atoms with van der Waals surface area (Å²) in [5.74, 6) is 1.23. The number of hydrogen-bond donors (Lipinski definition) is 1. The van der Waals surface area contributed by atoms with Gasteiger partial charge in [-0.15, -0.1) is 0 Å². The van der Waals surface area contributed by atoms with Gasteiger partial charge in [0.25, 0.3) is 0 Å². The third-order valence-electron chi connectivity index (χ3n) is 2.74. The van der Waals surface area contributed by atoms with E-state index in [2.05, 4.69) is 15.0 Å². The van der Waals surface area contributed by atoms with Crippen molar-refractivity contribution >= 4 is 5.95 Å². The maximum atomic E-state index is 9.25. The fourth-order valence-corrected chi connectivity index (χ4v) is 1.95. The molecule has 0 aromatic carbocycles. The largest absolute Gasteiger partial charge is 0.467 e. The number of aromatic nitrogens is 3. The quantitative estimate of drug-likeness (QED) is 0.788. The molecular weight excluding hydrogens is 208 g/mol. The summed E-state index contributed by atoms with van der Waals surface area (Å²) in [6, 6.07) is 0.442. The molecule has 1 aromatic rings. The Morgan fingerprint density at radius 1 is 1.44 bits per heavy atom. The molecule has 1 atom stereocenters. The van der Waals surface area contributed by atoms with Crippen molar-refractivity contribution in [3.63, 3.8) is 0 Å². The Morgan fingerprint density at radius 3 is 2.94 bits per heavy atom. The SMILES string of the molecule is COc1nc(C)nc(N2CCC[C@H]2CO)n1. The summed E-state index contributed by atoms with van der Waals surface area (Å²) >= 11 is 0. The normalized spacial score (nSPS) is 20.2. The minimum absolute atomic E-state index is 0.117. The van der Waals surface area contributed by atoms with Crippen molar-refractivity contribution in [2.45, 2.75) is 25.8 Å². The molecular formula is C10H16N4O2. The Labute approximate surface area is 94.3 Å². The van der Waals surface area contributed by atoms with Crippen LogP contribution in [0.2, 0.25) is 0 Å². The van der Waals surface area contributed by atoms with Crippen molar-refractivity contribution in [1.82, 2.24) is 15.0 Å². The first kappa shape index (κ1) is 11.1. The maximum Gasteiger partial charge on any atom is 0.321 e. The summed E-state index contributed by atoms with van der Waals surface area (Å²) < 4.78 is 5.01. The number of aliphatic hydroxyl groups is 1. The van der Waals surface area contributed by atoms with Crippen LogP contribution in [0.15, 0.2) is 0 Å². The first-order valence-electron chi connectivity index (χ1n) is 5.38. The highest BCUT2D eigenvalue weighted by Crippen LogP contribution is 2.22. The van der Waals surface area contributed by atoms with Crippen LogP contribution in [0.1, 0.15) is 18.7 Å². The second kappa shape index (κ2) is 4.61. The summed E-state index contributed by atoms with van der Waals surface area (Å²) in [6.45, 7) is 2.81. The van der Waals surface area contributed by atoms with Crippen LogP contribution >= 0.6 is 0 Å². The van der Waals surface area contributed by atoms with Gasteiger partial charge in [-0.2, -0.15) is 15.0 Å². The van der Waals surface area contributed by atoms with Crippen molar-refractivity contribution in [3.8, 4) is 6.01 Å². The first-order chi connectivity index (χ1) is 7.74. The zero-order valence-corrected chi connectivity index (χ0v) is 9.55. The number of anilines is 1. The lowest BCUT2D eigenvalue weighted by Crippen LogP contribution is -2.33. The molecule has 2 heterocycles. The molecule has 0 bridgehead atoms. The van der Waals surface area contributed by atoms with Gasteiger partial charge >= 0.3 is 6.01 Å². The minimum Gasteiger partial charge on any atom is -0.467 e. The predicted molar refractivity (Wildman–Crippen MR) is 58.6 cm³/mol. The summed E-state index contributed by atoms with van der Waals surface area (Å²) in [4.78, 5) is 14.5. The Balaban J connectivity index is 2.28. The van der Waals surface area contributed by atoms with Crippen LogP contribution in [0.3, 0.4) is 0 Å². The van der Waals surface area contributed by atoms with E-state index in [4.69, 9.17) is 4.74 Å². The zero-order valence-electron chi connectivity index (χ0n) is 9.55. The van der Waals surface area contributed by atoms with E-state index in [0.717, 1.165) is 19.4 Å². The highest BCUT2D eigenvalue weighted by Gasteiger charge is 2.26. The van der Waals surface area contributed by atoms with Crippen LogP contribution in [0.25, 0.3) is 0 Å². The minimum atomic E-state index is 0.117. The topological polar surface area (TPSA) is 71.4 Å². The molecule has 1 fully saturated rings. The molecule has 88 valence electrons. The first-order valence-corrected chi connectivity index (χ1v) is 5.38. The monoisotopic (exact) mass is 224 g/mol. The van der Waals surface area contributed by atoms with Crippen LogP contribution < -0.4 is 9.64 Å². The van der Waals surface area contributed by atoms with Crippen LogP contribution in [0.4, 0.5) is 5.95 Å². The molecule has 0 radical (unpaired) electrons. The Bertz CT molecular complexity index is 372. The molecule has 1 aliphatic heterocycles. The molecule has 1 N–H and O–H groups in total. The van der Waals surface area contributed by atoms with E-state index in [1.54, 1.807) is 6.92 Å². The fourth-order valence-electron chi connectivity index (χ4n) is 1.95. The van der Waals surface area contributed by atoms with Crippen molar-refractivity contribution in [3.05, 3.63) is 5.82 Å². The second-order valence-electron chi connectivity index (χ2n) is 3.84. The van der Waals surface area contributed by atoms with Crippen molar-refractivity contribution in [2.24, 2.45) is 0 Å². The summed E-state index contributed by atoms with van der Waals surface area (Å²) in [6.07, 6.45) is 2.03. The lowest BCUT2D eigenvalue weighted by molar-refractivity contribution is 0.265. The Morgan fingerprint density at radius 2 is 2.25 bits per heavy atom. The van der Waals surface area contributed by atoms with Crippen molar-refractivity contribution in [2.75, 3.05) is 25.2 Å². The number of rotatable bonds is 3. The summed E-state index contributed by atoms with van der Waals surface area (Å²) in [5, 5.41) is 9.25. The molecule has 6 nitrogen and oxygen atoms in total. The molecule has 1 aliphatic rings. The fraction of sp³-hybridized carbons (Fsp3) is 0.700. The molecule has 16 heavy (non-hydrogen) atoms. The lowest BCUT2D eigenvalue weighted by Gasteiger charge is -2.22. The molecule has 6 heteroatoms. The zero-order chi connectivity index (χ0) is 11.5. The molecule has 0 spiro atoms. The third kappa shape index (κ3) is 2.06. The predicted octanol–water partition coefficient (Wildman–Crippen LogP) is 0.150. The van der Waals surface area contributed by atoms with Gasteiger partial charge < -0.3 is 14.7 Å². The van der Waals surface area contributed by atoms with E-state index in [0.29, 0.717) is 17.8 Å². The molecule has 0 saturated carbocycles. The van der Waals surface area contributed by atoms with Gasteiger partial charge in [0.2, 0.25) is 5.95 Å². The molecule has 1 aromatic heterocycles.